The largest absolute Gasteiger partial charge is 0.344 e. The molecule has 4 heteroatoms. The summed E-state index contributed by atoms with van der Waals surface area (Å²) in [5.41, 5.74) is 4.98. The second-order valence-electron chi connectivity index (χ2n) is 4.27. The predicted octanol–water partition coefficient (Wildman–Crippen LogP) is 2.85. The van der Waals surface area contributed by atoms with Crippen LogP contribution in [0.2, 0.25) is 0 Å². The molecule has 1 aliphatic rings. The van der Waals surface area contributed by atoms with Gasteiger partial charge in [0.05, 0.1) is 12.2 Å². The molecular weight excluding hydrogens is 278 g/mol. The van der Waals surface area contributed by atoms with Crippen LogP contribution in [0.5, 0.6) is 0 Å². The molecule has 1 aromatic heterocycles. The van der Waals surface area contributed by atoms with Gasteiger partial charge in [0, 0.05) is 22.2 Å². The van der Waals surface area contributed by atoms with Gasteiger partial charge in [-0.2, -0.15) is 0 Å². The Hall–Kier alpha value is -1.13. The highest BCUT2D eigenvalue weighted by molar-refractivity contribution is 9.10. The Kier molecular flexibility index (Phi) is 2.76. The van der Waals surface area contributed by atoms with Crippen LogP contribution in [0.4, 0.5) is 0 Å². The summed E-state index contributed by atoms with van der Waals surface area (Å²) < 4.78 is 1.13. The first-order valence-electron chi connectivity index (χ1n) is 5.85. The molecule has 0 fully saturated rings. The van der Waals surface area contributed by atoms with E-state index in [2.05, 4.69) is 56.3 Å². The van der Waals surface area contributed by atoms with Crippen LogP contribution in [0.15, 0.2) is 22.7 Å². The van der Waals surface area contributed by atoms with Gasteiger partial charge in [0.2, 0.25) is 0 Å². The average molecular weight is 292 g/mol. The highest BCUT2D eigenvalue weighted by atomic mass is 79.9. The van der Waals surface area contributed by atoms with Gasteiger partial charge in [-0.05, 0) is 24.2 Å². The van der Waals surface area contributed by atoms with Crippen LogP contribution in [-0.2, 0) is 13.0 Å². The lowest BCUT2D eigenvalue weighted by Crippen LogP contribution is -2.12. The number of nitrogens with one attached hydrogen (secondary N) is 2. The minimum absolute atomic E-state index is 0.815. The second-order valence-corrected chi connectivity index (χ2v) is 5.18. The fourth-order valence-corrected chi connectivity index (χ4v) is 2.68. The Labute approximate surface area is 109 Å². The maximum atomic E-state index is 4.67. The molecule has 0 unspecified atom stereocenters. The fourth-order valence-electron chi connectivity index (χ4n) is 2.27. The second kappa shape index (κ2) is 4.27. The SMILES string of the molecule is CCNCc1nc2c([nH]1)Cc1cc(Br)ccc1-2. The normalized spacial score (nSPS) is 12.6. The Morgan fingerprint density at radius 3 is 3.18 bits per heavy atom. The van der Waals surface area contributed by atoms with Gasteiger partial charge in [0.15, 0.2) is 0 Å². The van der Waals surface area contributed by atoms with Crippen LogP contribution in [0, 0.1) is 0 Å². The molecule has 0 spiro atoms. The molecule has 2 aromatic rings. The number of benzene rings is 1. The third-order valence-electron chi connectivity index (χ3n) is 3.06. The van der Waals surface area contributed by atoms with E-state index in [1.54, 1.807) is 0 Å². The van der Waals surface area contributed by atoms with Crippen molar-refractivity contribution in [2.45, 2.75) is 19.9 Å². The van der Waals surface area contributed by atoms with Crippen LogP contribution >= 0.6 is 15.9 Å². The topological polar surface area (TPSA) is 40.7 Å². The summed E-state index contributed by atoms with van der Waals surface area (Å²) in [6.45, 7) is 3.88. The molecule has 1 aromatic carbocycles. The standard InChI is InChI=1S/C13H14BrN3/c1-2-15-7-12-16-11-6-8-5-9(14)3-4-10(8)13(11)17-12/h3-5,15H,2,6-7H2,1H3,(H,16,17). The van der Waals surface area contributed by atoms with E-state index in [-0.39, 0.29) is 0 Å². The zero-order valence-electron chi connectivity index (χ0n) is 9.68. The molecule has 0 amide bonds. The molecule has 88 valence electrons. The molecule has 1 aliphatic carbocycles. The molecule has 0 saturated carbocycles. The summed E-state index contributed by atoms with van der Waals surface area (Å²) >= 11 is 3.51. The number of nitrogens with zero attached hydrogens (tertiary/aromatic N) is 1. The van der Waals surface area contributed by atoms with Crippen molar-refractivity contribution in [1.82, 2.24) is 15.3 Å². The summed E-state index contributed by atoms with van der Waals surface area (Å²) in [6, 6.07) is 6.39. The van der Waals surface area contributed by atoms with Crippen molar-refractivity contribution in [3.8, 4) is 11.3 Å². The fraction of sp³-hybridized carbons (Fsp3) is 0.308. The van der Waals surface area contributed by atoms with Crippen molar-refractivity contribution in [3.05, 3.63) is 39.8 Å². The molecule has 17 heavy (non-hydrogen) atoms. The van der Waals surface area contributed by atoms with E-state index >= 15 is 0 Å². The number of rotatable bonds is 3. The predicted molar refractivity (Wildman–Crippen MR) is 71.9 cm³/mol. The summed E-state index contributed by atoms with van der Waals surface area (Å²) in [4.78, 5) is 8.07. The van der Waals surface area contributed by atoms with Gasteiger partial charge in [-0.1, -0.05) is 28.9 Å². The van der Waals surface area contributed by atoms with Gasteiger partial charge < -0.3 is 10.3 Å². The zero-order valence-corrected chi connectivity index (χ0v) is 11.3. The van der Waals surface area contributed by atoms with E-state index < -0.39 is 0 Å². The smallest absolute Gasteiger partial charge is 0.121 e. The van der Waals surface area contributed by atoms with Gasteiger partial charge in [-0.25, -0.2) is 4.98 Å². The van der Waals surface area contributed by atoms with Gasteiger partial charge >= 0.3 is 0 Å². The quantitative estimate of drug-likeness (QED) is 0.779. The summed E-state index contributed by atoms with van der Waals surface area (Å²) in [5.74, 6) is 1.03. The molecule has 0 atom stereocenters. The van der Waals surface area contributed by atoms with Crippen molar-refractivity contribution in [2.24, 2.45) is 0 Å². The third-order valence-corrected chi connectivity index (χ3v) is 3.55. The molecule has 0 aliphatic heterocycles. The van der Waals surface area contributed by atoms with E-state index in [0.717, 1.165) is 35.5 Å². The molecule has 2 N–H and O–H groups in total. The van der Waals surface area contributed by atoms with Crippen LogP contribution in [-0.4, -0.2) is 16.5 Å². The number of hydrogen-bond donors (Lipinski definition) is 2. The van der Waals surface area contributed by atoms with E-state index in [4.69, 9.17) is 0 Å². The number of H-pyrrole nitrogens is 1. The van der Waals surface area contributed by atoms with Crippen LogP contribution in [0.3, 0.4) is 0 Å². The molecular formula is C13H14BrN3. The van der Waals surface area contributed by atoms with E-state index in [1.165, 1.54) is 16.8 Å². The van der Waals surface area contributed by atoms with E-state index in [1.807, 2.05) is 0 Å². The zero-order chi connectivity index (χ0) is 11.8. The molecule has 0 bridgehead atoms. The average Bonchev–Trinajstić information content (AvgIpc) is 2.82. The number of imidazole rings is 1. The molecule has 0 radical (unpaired) electrons. The lowest BCUT2D eigenvalue weighted by atomic mass is 10.1. The van der Waals surface area contributed by atoms with Crippen LogP contribution in [0.25, 0.3) is 11.3 Å². The van der Waals surface area contributed by atoms with Crippen molar-refractivity contribution >= 4 is 15.9 Å². The Balaban J connectivity index is 1.95. The number of aromatic amines is 1. The monoisotopic (exact) mass is 291 g/mol. The molecule has 3 rings (SSSR count). The lowest BCUT2D eigenvalue weighted by Gasteiger charge is -2.00. The molecule has 0 saturated heterocycles. The third kappa shape index (κ3) is 1.91. The van der Waals surface area contributed by atoms with Gasteiger partial charge in [0.1, 0.15) is 5.82 Å². The van der Waals surface area contributed by atoms with Crippen molar-refractivity contribution in [1.29, 1.82) is 0 Å². The summed E-state index contributed by atoms with van der Waals surface area (Å²) in [5, 5.41) is 3.29. The van der Waals surface area contributed by atoms with Crippen LogP contribution < -0.4 is 5.32 Å². The highest BCUT2D eigenvalue weighted by Crippen LogP contribution is 2.36. The maximum absolute atomic E-state index is 4.67. The maximum Gasteiger partial charge on any atom is 0.121 e. The number of halogens is 1. The molecule has 3 nitrogen and oxygen atoms in total. The van der Waals surface area contributed by atoms with Gasteiger partial charge in [-0.15, -0.1) is 0 Å². The van der Waals surface area contributed by atoms with Gasteiger partial charge in [-0.3, -0.25) is 0 Å². The van der Waals surface area contributed by atoms with Crippen molar-refractivity contribution in [3.63, 3.8) is 0 Å². The van der Waals surface area contributed by atoms with Crippen molar-refractivity contribution in [2.75, 3.05) is 6.54 Å². The minimum Gasteiger partial charge on any atom is -0.344 e. The first-order chi connectivity index (χ1) is 8.28. The highest BCUT2D eigenvalue weighted by Gasteiger charge is 2.22. The number of fused-ring (bicyclic) bond motifs is 3. The Bertz CT molecular complexity index is 560. The van der Waals surface area contributed by atoms with E-state index in [9.17, 15) is 0 Å². The minimum atomic E-state index is 0.815. The van der Waals surface area contributed by atoms with E-state index in [0.29, 0.717) is 0 Å². The van der Waals surface area contributed by atoms with Crippen LogP contribution in [0.1, 0.15) is 24.0 Å². The van der Waals surface area contributed by atoms with Gasteiger partial charge in [0.25, 0.3) is 0 Å². The summed E-state index contributed by atoms with van der Waals surface area (Å²) in [7, 11) is 0. The first kappa shape index (κ1) is 11.0. The molecule has 1 heterocycles. The summed E-state index contributed by atoms with van der Waals surface area (Å²) in [6.07, 6.45) is 0.962. The number of hydrogen-bond acceptors (Lipinski definition) is 2. The Morgan fingerprint density at radius 1 is 1.47 bits per heavy atom. The first-order valence-corrected chi connectivity index (χ1v) is 6.64. The Morgan fingerprint density at radius 2 is 2.35 bits per heavy atom. The van der Waals surface area contributed by atoms with Crippen molar-refractivity contribution < 1.29 is 0 Å². The lowest BCUT2D eigenvalue weighted by molar-refractivity contribution is 0.696. The number of aromatic nitrogens is 2.